The Morgan fingerprint density at radius 3 is 2.45 bits per heavy atom. The van der Waals surface area contributed by atoms with E-state index < -0.39 is 0 Å². The second-order valence-corrected chi connectivity index (χ2v) is 2.36. The van der Waals surface area contributed by atoms with Crippen LogP contribution in [-0.4, -0.2) is 16.8 Å². The van der Waals surface area contributed by atoms with E-state index in [1.54, 1.807) is 6.07 Å². The average Bonchev–Trinajstić information content (AvgIpc) is 1.98. The fourth-order valence-electron chi connectivity index (χ4n) is 0.891. The van der Waals surface area contributed by atoms with E-state index >= 15 is 0 Å². The van der Waals surface area contributed by atoms with Crippen molar-refractivity contribution in [2.24, 2.45) is 5.73 Å². The highest BCUT2D eigenvalue weighted by Crippen LogP contribution is 2.24. The van der Waals surface area contributed by atoms with Crippen molar-refractivity contribution in [3.8, 4) is 11.5 Å². The summed E-state index contributed by atoms with van der Waals surface area (Å²) in [5, 5.41) is 18.0. The molecule has 0 spiro atoms. The van der Waals surface area contributed by atoms with Gasteiger partial charge in [-0.3, -0.25) is 0 Å². The molecule has 0 aliphatic rings. The van der Waals surface area contributed by atoms with Crippen LogP contribution in [0.2, 0.25) is 0 Å². The van der Waals surface area contributed by atoms with E-state index in [1.807, 2.05) is 0 Å². The Hall–Kier alpha value is -1.22. The minimum absolute atomic E-state index is 0.0871. The second-order valence-electron chi connectivity index (χ2n) is 2.36. The van der Waals surface area contributed by atoms with E-state index in [4.69, 9.17) is 15.9 Å². The zero-order chi connectivity index (χ0) is 8.27. The zero-order valence-corrected chi connectivity index (χ0v) is 6.12. The van der Waals surface area contributed by atoms with Gasteiger partial charge in [0.05, 0.1) is 0 Å². The maximum atomic E-state index is 9.04. The van der Waals surface area contributed by atoms with Crippen molar-refractivity contribution in [3.63, 3.8) is 0 Å². The zero-order valence-electron chi connectivity index (χ0n) is 6.12. The largest absolute Gasteiger partial charge is 0.504 e. The van der Waals surface area contributed by atoms with Crippen LogP contribution in [0.4, 0.5) is 0 Å². The molecule has 0 aromatic heterocycles. The number of benzene rings is 1. The molecule has 0 amide bonds. The van der Waals surface area contributed by atoms with Crippen LogP contribution in [0, 0.1) is 0 Å². The van der Waals surface area contributed by atoms with Crippen LogP contribution in [0.3, 0.4) is 0 Å². The van der Waals surface area contributed by atoms with E-state index in [-0.39, 0.29) is 11.5 Å². The van der Waals surface area contributed by atoms with Crippen LogP contribution < -0.4 is 5.73 Å². The topological polar surface area (TPSA) is 66.5 Å². The molecule has 0 radical (unpaired) electrons. The molecule has 3 heteroatoms. The van der Waals surface area contributed by atoms with Gasteiger partial charge in [0, 0.05) is 0 Å². The van der Waals surface area contributed by atoms with Crippen LogP contribution >= 0.6 is 0 Å². The second kappa shape index (κ2) is 3.25. The Bertz CT molecular complexity index is 248. The number of rotatable bonds is 2. The molecule has 0 aliphatic heterocycles. The summed E-state index contributed by atoms with van der Waals surface area (Å²) >= 11 is 0. The number of nitrogens with two attached hydrogens (primary N) is 1. The van der Waals surface area contributed by atoms with Gasteiger partial charge in [0.15, 0.2) is 11.5 Å². The Labute approximate surface area is 65.1 Å². The summed E-state index contributed by atoms with van der Waals surface area (Å²) < 4.78 is 0. The first-order chi connectivity index (χ1) is 5.24. The van der Waals surface area contributed by atoms with Crippen molar-refractivity contribution < 1.29 is 10.2 Å². The van der Waals surface area contributed by atoms with Gasteiger partial charge in [0.25, 0.3) is 0 Å². The molecule has 0 unspecified atom stereocenters. The molecule has 3 nitrogen and oxygen atoms in total. The van der Waals surface area contributed by atoms with Gasteiger partial charge in [-0.25, -0.2) is 0 Å². The molecular weight excluding hydrogens is 144 g/mol. The third-order valence-electron chi connectivity index (χ3n) is 1.47. The van der Waals surface area contributed by atoms with Gasteiger partial charge < -0.3 is 15.9 Å². The molecule has 0 saturated heterocycles. The Balaban J connectivity index is 2.86. The third kappa shape index (κ3) is 1.85. The summed E-state index contributed by atoms with van der Waals surface area (Å²) in [5.41, 5.74) is 6.24. The number of hydrogen-bond acceptors (Lipinski definition) is 3. The van der Waals surface area contributed by atoms with E-state index in [0.717, 1.165) is 5.56 Å². The molecule has 0 bridgehead atoms. The predicted molar refractivity (Wildman–Crippen MR) is 42.5 cm³/mol. The lowest BCUT2D eigenvalue weighted by atomic mass is 10.4. The van der Waals surface area contributed by atoms with Crippen molar-refractivity contribution >= 4 is 0 Å². The summed E-state index contributed by atoms with van der Waals surface area (Å²) in [4.78, 5) is 0. The molecule has 60 valence electrons. The van der Waals surface area contributed by atoms with Crippen molar-refractivity contribution in [2.45, 2.75) is 6.42 Å². The van der Waals surface area contributed by atoms with Gasteiger partial charge in [-0.05, 0) is 30.7 Å². The van der Waals surface area contributed by atoms with Gasteiger partial charge in [-0.1, -0.05) is 6.07 Å². The maximum Gasteiger partial charge on any atom is 0.157 e. The van der Waals surface area contributed by atoms with Gasteiger partial charge >= 0.3 is 0 Å². The molecular formula is C8H11NO2. The first kappa shape index (κ1) is 7.88. The standard InChI is InChI=1S/C8H11NO2/c9-4-3-6-1-2-7(10)8(11)5-6/h1-2,5,10-11H,3-4,9H2/i6+1,7+1. The minimum Gasteiger partial charge on any atom is -0.504 e. The van der Waals surface area contributed by atoms with Crippen molar-refractivity contribution in [1.82, 2.24) is 0 Å². The molecule has 0 aliphatic carbocycles. The van der Waals surface area contributed by atoms with E-state index in [2.05, 4.69) is 0 Å². The Kier molecular flexibility index (Phi) is 2.33. The van der Waals surface area contributed by atoms with Crippen molar-refractivity contribution in [3.05, 3.63) is 23.8 Å². The smallest absolute Gasteiger partial charge is 0.157 e. The minimum atomic E-state index is -0.0919. The molecule has 1 rings (SSSR count). The van der Waals surface area contributed by atoms with E-state index in [1.165, 1.54) is 12.1 Å². The van der Waals surface area contributed by atoms with Gasteiger partial charge in [-0.2, -0.15) is 0 Å². The number of phenols is 2. The van der Waals surface area contributed by atoms with Crippen LogP contribution in [0.5, 0.6) is 11.5 Å². The lowest BCUT2D eigenvalue weighted by Crippen LogP contribution is -2.02. The van der Waals surface area contributed by atoms with Gasteiger partial charge in [0.1, 0.15) is 0 Å². The molecule has 0 heterocycles. The number of hydrogen-bond donors (Lipinski definition) is 3. The Morgan fingerprint density at radius 1 is 1.18 bits per heavy atom. The molecule has 4 N–H and O–H groups in total. The highest BCUT2D eigenvalue weighted by Gasteiger charge is 1.98. The highest BCUT2D eigenvalue weighted by atomic mass is 16.4. The average molecular weight is 155 g/mol. The van der Waals surface area contributed by atoms with E-state index in [9.17, 15) is 0 Å². The maximum absolute atomic E-state index is 9.04. The van der Waals surface area contributed by atoms with Crippen LogP contribution in [0.15, 0.2) is 18.2 Å². The molecule has 0 atom stereocenters. The first-order valence-corrected chi connectivity index (χ1v) is 3.45. The fourth-order valence-corrected chi connectivity index (χ4v) is 0.891. The number of aromatic hydroxyl groups is 2. The monoisotopic (exact) mass is 155 g/mol. The molecule has 0 fully saturated rings. The summed E-state index contributed by atoms with van der Waals surface area (Å²) in [5.74, 6) is -0.179. The van der Waals surface area contributed by atoms with Crippen molar-refractivity contribution in [1.29, 1.82) is 0 Å². The van der Waals surface area contributed by atoms with Gasteiger partial charge in [-0.15, -0.1) is 0 Å². The van der Waals surface area contributed by atoms with Crippen LogP contribution in [0.1, 0.15) is 5.56 Å². The molecule has 1 aromatic carbocycles. The lowest BCUT2D eigenvalue weighted by Gasteiger charge is -2.00. The highest BCUT2D eigenvalue weighted by molar-refractivity contribution is 5.40. The predicted octanol–water partition coefficient (Wildman–Crippen LogP) is 0.599. The van der Waals surface area contributed by atoms with Crippen LogP contribution in [-0.2, 0) is 6.42 Å². The van der Waals surface area contributed by atoms with E-state index in [0.29, 0.717) is 13.0 Å². The molecule has 11 heavy (non-hydrogen) atoms. The summed E-state index contributed by atoms with van der Waals surface area (Å²) in [6, 6.07) is 4.71. The number of phenolic OH excluding ortho intramolecular Hbond substituents is 2. The van der Waals surface area contributed by atoms with Gasteiger partial charge in [0.2, 0.25) is 0 Å². The SMILES string of the molecule is NCC[13c]1cc[13c](O)c(O)c1. The molecule has 0 saturated carbocycles. The fraction of sp³-hybridized carbons (Fsp3) is 0.250. The summed E-state index contributed by atoms with van der Waals surface area (Å²) in [6.45, 7) is 0.546. The normalized spacial score (nSPS) is 9.91. The van der Waals surface area contributed by atoms with Crippen molar-refractivity contribution in [2.75, 3.05) is 6.54 Å². The van der Waals surface area contributed by atoms with Crippen LogP contribution in [0.25, 0.3) is 0 Å². The lowest BCUT2D eigenvalue weighted by molar-refractivity contribution is 0.403. The first-order valence-electron chi connectivity index (χ1n) is 3.45. The summed E-state index contributed by atoms with van der Waals surface area (Å²) in [6.07, 6.45) is 0.716. The quantitative estimate of drug-likeness (QED) is 0.548. The third-order valence-corrected chi connectivity index (χ3v) is 1.47. The summed E-state index contributed by atoms with van der Waals surface area (Å²) in [7, 11) is 0. The molecule has 1 aromatic rings. The Morgan fingerprint density at radius 2 is 1.91 bits per heavy atom.